The minimum atomic E-state index is 0.624. The molecule has 0 spiro atoms. The third-order valence-electron chi connectivity index (χ3n) is 4.71. The highest BCUT2D eigenvalue weighted by Crippen LogP contribution is 2.34. The van der Waals surface area contributed by atoms with E-state index in [4.69, 9.17) is 4.74 Å². The van der Waals surface area contributed by atoms with Crippen molar-refractivity contribution in [3.05, 3.63) is 27.7 Å². The second-order valence-corrected chi connectivity index (χ2v) is 7.17. The number of fused-ring (bicyclic) bond motifs is 1. The lowest BCUT2D eigenvalue weighted by molar-refractivity contribution is 0.128. The molecular weight excluding hydrogens is 328 g/mol. The van der Waals surface area contributed by atoms with Crippen LogP contribution < -0.4 is 10.1 Å². The number of halogens is 1. The lowest BCUT2D eigenvalue weighted by Crippen LogP contribution is -2.46. The predicted molar refractivity (Wildman–Crippen MR) is 89.9 cm³/mol. The van der Waals surface area contributed by atoms with Gasteiger partial charge >= 0.3 is 0 Å². The van der Waals surface area contributed by atoms with Crippen LogP contribution in [0.3, 0.4) is 0 Å². The van der Waals surface area contributed by atoms with Crippen molar-refractivity contribution in [2.75, 3.05) is 19.7 Å². The summed E-state index contributed by atoms with van der Waals surface area (Å²) in [6, 6.07) is 5.74. The first-order valence-corrected chi connectivity index (χ1v) is 8.88. The van der Waals surface area contributed by atoms with E-state index in [2.05, 4.69) is 52.1 Å². The predicted octanol–water partition coefficient (Wildman–Crippen LogP) is 3.35. The largest absolute Gasteiger partial charge is 0.493 e. The first-order valence-electron chi connectivity index (χ1n) is 8.09. The Bertz CT molecular complexity index is 506. The zero-order valence-corrected chi connectivity index (χ0v) is 14.6. The third-order valence-corrected chi connectivity index (χ3v) is 5.16. The van der Waals surface area contributed by atoms with Crippen molar-refractivity contribution in [1.29, 1.82) is 0 Å². The monoisotopic (exact) mass is 352 g/mol. The van der Waals surface area contributed by atoms with Gasteiger partial charge in [-0.1, -0.05) is 22.9 Å². The number of rotatable bonds is 4. The van der Waals surface area contributed by atoms with Crippen LogP contribution in [0.15, 0.2) is 16.6 Å². The van der Waals surface area contributed by atoms with E-state index in [1.54, 1.807) is 0 Å². The molecular formula is C17H25BrN2O. The molecule has 0 saturated carbocycles. The van der Waals surface area contributed by atoms with Crippen molar-refractivity contribution in [3.63, 3.8) is 0 Å². The van der Waals surface area contributed by atoms with Crippen LogP contribution in [-0.2, 0) is 13.0 Å². The van der Waals surface area contributed by atoms with Gasteiger partial charge in [0, 0.05) is 41.6 Å². The maximum atomic E-state index is 5.86. The van der Waals surface area contributed by atoms with Gasteiger partial charge in [-0.2, -0.15) is 0 Å². The van der Waals surface area contributed by atoms with Gasteiger partial charge in [-0.05, 0) is 44.0 Å². The molecule has 0 amide bonds. The summed E-state index contributed by atoms with van der Waals surface area (Å²) in [7, 11) is 0. The van der Waals surface area contributed by atoms with Crippen LogP contribution in [0.25, 0.3) is 0 Å². The molecule has 2 aliphatic rings. The van der Waals surface area contributed by atoms with Gasteiger partial charge in [0.05, 0.1) is 6.61 Å². The van der Waals surface area contributed by atoms with E-state index in [0.717, 1.165) is 31.9 Å². The van der Waals surface area contributed by atoms with Gasteiger partial charge in [0.25, 0.3) is 0 Å². The summed E-state index contributed by atoms with van der Waals surface area (Å²) in [5, 5.41) is 3.59. The number of likely N-dealkylation sites (tertiary alicyclic amines) is 1. The molecule has 2 unspecified atom stereocenters. The lowest BCUT2D eigenvalue weighted by atomic mass is 9.97. The second kappa shape index (κ2) is 6.67. The molecule has 4 heteroatoms. The number of ether oxygens (including phenoxy) is 1. The third kappa shape index (κ3) is 3.43. The number of nitrogens with one attached hydrogen (secondary N) is 1. The fraction of sp³-hybridized carbons (Fsp3) is 0.647. The van der Waals surface area contributed by atoms with Crippen LogP contribution in [0.2, 0.25) is 0 Å². The summed E-state index contributed by atoms with van der Waals surface area (Å²) < 4.78 is 7.04. The number of nitrogens with zero attached hydrogens (tertiary/aromatic N) is 1. The van der Waals surface area contributed by atoms with Gasteiger partial charge in [0.15, 0.2) is 0 Å². The summed E-state index contributed by atoms with van der Waals surface area (Å²) in [5.74, 6) is 1.14. The molecule has 1 aromatic rings. The molecule has 1 fully saturated rings. The van der Waals surface area contributed by atoms with Gasteiger partial charge in [-0.25, -0.2) is 0 Å². The standard InChI is InChI=1S/C17H25BrN2O/c1-3-19-16-4-6-20(12(2)8-16)11-14-10-15(18)9-13-5-7-21-17(13)14/h9-10,12,16,19H,3-8,11H2,1-2H3. The van der Waals surface area contributed by atoms with Gasteiger partial charge in [-0.3, -0.25) is 4.90 Å². The maximum absolute atomic E-state index is 5.86. The van der Waals surface area contributed by atoms with Gasteiger partial charge in [0.2, 0.25) is 0 Å². The van der Waals surface area contributed by atoms with Crippen LogP contribution in [0.1, 0.15) is 37.8 Å². The minimum absolute atomic E-state index is 0.624. The smallest absolute Gasteiger partial charge is 0.127 e. The Labute approximate surface area is 136 Å². The van der Waals surface area contributed by atoms with E-state index in [1.165, 1.54) is 35.0 Å². The quantitative estimate of drug-likeness (QED) is 0.899. The van der Waals surface area contributed by atoms with E-state index >= 15 is 0 Å². The molecule has 116 valence electrons. The van der Waals surface area contributed by atoms with Crippen molar-refractivity contribution < 1.29 is 4.74 Å². The fourth-order valence-corrected chi connectivity index (χ4v) is 4.16. The second-order valence-electron chi connectivity index (χ2n) is 6.25. The summed E-state index contributed by atoms with van der Waals surface area (Å²) in [4.78, 5) is 2.59. The molecule has 0 aliphatic carbocycles. The molecule has 0 radical (unpaired) electrons. The molecule has 21 heavy (non-hydrogen) atoms. The van der Waals surface area contributed by atoms with Crippen LogP contribution in [0, 0.1) is 0 Å². The summed E-state index contributed by atoms with van der Waals surface area (Å²) in [5.41, 5.74) is 2.69. The highest BCUT2D eigenvalue weighted by Gasteiger charge is 2.26. The molecule has 3 nitrogen and oxygen atoms in total. The Balaban J connectivity index is 1.70. The zero-order valence-electron chi connectivity index (χ0n) is 13.0. The summed E-state index contributed by atoms with van der Waals surface area (Å²) >= 11 is 3.64. The Morgan fingerprint density at radius 3 is 3.05 bits per heavy atom. The highest BCUT2D eigenvalue weighted by atomic mass is 79.9. The Morgan fingerprint density at radius 2 is 2.29 bits per heavy atom. The molecule has 3 rings (SSSR count). The normalized spacial score (nSPS) is 25.7. The number of hydrogen-bond acceptors (Lipinski definition) is 3. The Hall–Kier alpha value is -0.580. The molecule has 2 aliphatic heterocycles. The first-order chi connectivity index (χ1) is 10.2. The molecule has 1 aromatic carbocycles. The minimum Gasteiger partial charge on any atom is -0.493 e. The zero-order chi connectivity index (χ0) is 14.8. The van der Waals surface area contributed by atoms with Crippen molar-refractivity contribution >= 4 is 15.9 Å². The topological polar surface area (TPSA) is 24.5 Å². The van der Waals surface area contributed by atoms with Crippen LogP contribution in [-0.4, -0.2) is 36.7 Å². The van der Waals surface area contributed by atoms with Crippen molar-refractivity contribution in [1.82, 2.24) is 10.2 Å². The van der Waals surface area contributed by atoms with E-state index in [9.17, 15) is 0 Å². The first kappa shape index (κ1) is 15.3. The van der Waals surface area contributed by atoms with Crippen molar-refractivity contribution in [2.24, 2.45) is 0 Å². The van der Waals surface area contributed by atoms with Crippen LogP contribution >= 0.6 is 15.9 Å². The van der Waals surface area contributed by atoms with E-state index in [-0.39, 0.29) is 0 Å². The molecule has 0 bridgehead atoms. The average molecular weight is 353 g/mol. The number of piperidine rings is 1. The van der Waals surface area contributed by atoms with E-state index in [0.29, 0.717) is 12.1 Å². The summed E-state index contributed by atoms with van der Waals surface area (Å²) in [6.07, 6.45) is 3.53. The number of benzene rings is 1. The average Bonchev–Trinajstić information content (AvgIpc) is 2.90. The SMILES string of the molecule is CCNC1CCN(Cc2cc(Br)cc3c2OCC3)C(C)C1. The Morgan fingerprint density at radius 1 is 1.43 bits per heavy atom. The molecule has 1 N–H and O–H groups in total. The van der Waals surface area contributed by atoms with E-state index in [1.807, 2.05) is 0 Å². The van der Waals surface area contributed by atoms with E-state index < -0.39 is 0 Å². The fourth-order valence-electron chi connectivity index (χ4n) is 3.61. The maximum Gasteiger partial charge on any atom is 0.127 e. The highest BCUT2D eigenvalue weighted by molar-refractivity contribution is 9.10. The number of hydrogen-bond donors (Lipinski definition) is 1. The van der Waals surface area contributed by atoms with Crippen molar-refractivity contribution in [2.45, 2.75) is 51.7 Å². The Kier molecular flexibility index (Phi) is 4.87. The summed E-state index contributed by atoms with van der Waals surface area (Å²) in [6.45, 7) is 8.62. The molecule has 0 aromatic heterocycles. The van der Waals surface area contributed by atoms with Gasteiger partial charge in [-0.15, -0.1) is 0 Å². The van der Waals surface area contributed by atoms with Gasteiger partial charge < -0.3 is 10.1 Å². The molecule has 2 atom stereocenters. The van der Waals surface area contributed by atoms with Gasteiger partial charge in [0.1, 0.15) is 5.75 Å². The molecule has 1 saturated heterocycles. The molecule has 2 heterocycles. The lowest BCUT2D eigenvalue weighted by Gasteiger charge is -2.38. The van der Waals surface area contributed by atoms with Crippen molar-refractivity contribution in [3.8, 4) is 5.75 Å². The van der Waals surface area contributed by atoms with Crippen LogP contribution in [0.4, 0.5) is 0 Å². The van der Waals surface area contributed by atoms with Crippen LogP contribution in [0.5, 0.6) is 5.75 Å².